The van der Waals surface area contributed by atoms with Crippen LogP contribution in [0.5, 0.6) is 0 Å². The lowest BCUT2D eigenvalue weighted by Gasteiger charge is -2.33. The molecule has 4 aromatic carbocycles. The third kappa shape index (κ3) is 7.73. The van der Waals surface area contributed by atoms with E-state index in [0.29, 0.717) is 13.0 Å². The molecule has 1 N–H and O–H groups in total. The van der Waals surface area contributed by atoms with Gasteiger partial charge in [0.1, 0.15) is 6.04 Å². The summed E-state index contributed by atoms with van der Waals surface area (Å²) in [6, 6.07) is 38.3. The summed E-state index contributed by atoms with van der Waals surface area (Å²) in [4.78, 5) is 30.4. The van der Waals surface area contributed by atoms with Gasteiger partial charge < -0.3 is 10.2 Å². The molecule has 5 rings (SSSR count). The summed E-state index contributed by atoms with van der Waals surface area (Å²) in [5, 5.41) is 3.32. The Hall–Kier alpha value is -4.18. The highest BCUT2D eigenvalue weighted by atomic mass is 16.2. The van der Waals surface area contributed by atoms with E-state index in [0.717, 1.165) is 53.5 Å². The van der Waals surface area contributed by atoms with Crippen LogP contribution in [0.15, 0.2) is 115 Å². The highest BCUT2D eigenvalue weighted by Crippen LogP contribution is 2.30. The van der Waals surface area contributed by atoms with Crippen molar-refractivity contribution in [2.45, 2.75) is 70.0 Å². The molecule has 1 aliphatic carbocycles. The zero-order chi connectivity index (χ0) is 28.4. The molecular weight excluding hydrogens is 504 g/mol. The smallest absolute Gasteiger partial charge is 0.243 e. The zero-order valence-electron chi connectivity index (χ0n) is 23.9. The highest BCUT2D eigenvalue weighted by molar-refractivity contribution is 5.88. The van der Waals surface area contributed by atoms with Crippen molar-refractivity contribution in [2.24, 2.45) is 0 Å². The lowest BCUT2D eigenvalue weighted by Crippen LogP contribution is -2.52. The first kappa shape index (κ1) is 28.4. The van der Waals surface area contributed by atoms with E-state index >= 15 is 0 Å². The average Bonchev–Trinajstić information content (AvgIpc) is 3.52. The molecule has 0 saturated heterocycles. The molecule has 4 nitrogen and oxygen atoms in total. The van der Waals surface area contributed by atoms with Crippen LogP contribution in [0.4, 0.5) is 0 Å². The van der Waals surface area contributed by atoms with Crippen LogP contribution in [0.1, 0.15) is 65.8 Å². The third-order valence-electron chi connectivity index (χ3n) is 8.19. The molecule has 0 bridgehead atoms. The van der Waals surface area contributed by atoms with E-state index in [2.05, 4.69) is 48.6 Å². The minimum atomic E-state index is -0.613. The maximum absolute atomic E-state index is 14.5. The van der Waals surface area contributed by atoms with Crippen LogP contribution in [-0.4, -0.2) is 28.8 Å². The fraction of sp³-hybridized carbons (Fsp3) is 0.297. The summed E-state index contributed by atoms with van der Waals surface area (Å²) in [5.41, 5.74) is 5.40. The molecular formula is C37H40N2O2. The van der Waals surface area contributed by atoms with Crippen LogP contribution in [0.3, 0.4) is 0 Å². The van der Waals surface area contributed by atoms with Crippen molar-refractivity contribution in [1.29, 1.82) is 0 Å². The molecule has 41 heavy (non-hydrogen) atoms. The topological polar surface area (TPSA) is 49.4 Å². The maximum Gasteiger partial charge on any atom is 0.243 e. The molecule has 0 heterocycles. The Labute approximate surface area is 244 Å². The van der Waals surface area contributed by atoms with Crippen LogP contribution < -0.4 is 5.32 Å². The molecule has 210 valence electrons. The van der Waals surface area contributed by atoms with E-state index < -0.39 is 6.04 Å². The predicted octanol–water partition coefficient (Wildman–Crippen LogP) is 7.22. The SMILES string of the molecule is Cc1cccc(CN(C(=O)CC(c2ccccc2)c2ccccc2)[C@H](Cc2ccccc2)C(=O)NC2CCCC2)c1. The van der Waals surface area contributed by atoms with Crippen LogP contribution in [0.25, 0.3) is 0 Å². The van der Waals surface area contributed by atoms with Crippen molar-refractivity contribution < 1.29 is 9.59 Å². The van der Waals surface area contributed by atoms with Gasteiger partial charge in [-0.25, -0.2) is 0 Å². The van der Waals surface area contributed by atoms with Gasteiger partial charge in [0, 0.05) is 31.3 Å². The molecule has 1 fully saturated rings. The molecule has 1 aliphatic rings. The number of nitrogens with zero attached hydrogens (tertiary/aromatic N) is 1. The van der Waals surface area contributed by atoms with Crippen molar-refractivity contribution in [3.8, 4) is 0 Å². The Morgan fingerprint density at radius 2 is 1.32 bits per heavy atom. The number of benzene rings is 4. The van der Waals surface area contributed by atoms with Crippen LogP contribution in [0.2, 0.25) is 0 Å². The van der Waals surface area contributed by atoms with E-state index in [1.165, 1.54) is 0 Å². The van der Waals surface area contributed by atoms with Gasteiger partial charge in [-0.05, 0) is 42.0 Å². The Morgan fingerprint density at radius 3 is 1.90 bits per heavy atom. The van der Waals surface area contributed by atoms with E-state index in [4.69, 9.17) is 0 Å². The Kier molecular flexibility index (Phi) is 9.64. The fourth-order valence-corrected chi connectivity index (χ4v) is 6.02. The quantitative estimate of drug-likeness (QED) is 0.217. The van der Waals surface area contributed by atoms with E-state index in [1.807, 2.05) is 83.8 Å². The molecule has 0 aromatic heterocycles. The number of carbonyl (C=O) groups is 2. The summed E-state index contributed by atoms with van der Waals surface area (Å²) >= 11 is 0. The number of hydrogen-bond donors (Lipinski definition) is 1. The van der Waals surface area contributed by atoms with Gasteiger partial charge in [0.15, 0.2) is 0 Å². The van der Waals surface area contributed by atoms with Crippen molar-refractivity contribution in [2.75, 3.05) is 0 Å². The lowest BCUT2D eigenvalue weighted by atomic mass is 9.87. The zero-order valence-corrected chi connectivity index (χ0v) is 23.9. The number of amides is 2. The van der Waals surface area contributed by atoms with Gasteiger partial charge in [-0.15, -0.1) is 0 Å². The maximum atomic E-state index is 14.5. The first-order valence-corrected chi connectivity index (χ1v) is 14.9. The second-order valence-electron chi connectivity index (χ2n) is 11.3. The molecule has 1 saturated carbocycles. The molecule has 0 unspecified atom stereocenters. The summed E-state index contributed by atoms with van der Waals surface area (Å²) in [6.45, 7) is 2.44. The fourth-order valence-electron chi connectivity index (χ4n) is 6.02. The van der Waals surface area contributed by atoms with Gasteiger partial charge >= 0.3 is 0 Å². The molecule has 4 aromatic rings. The second kappa shape index (κ2) is 13.9. The number of hydrogen-bond acceptors (Lipinski definition) is 2. The Balaban J connectivity index is 1.51. The number of nitrogens with one attached hydrogen (secondary N) is 1. The van der Waals surface area contributed by atoms with Crippen LogP contribution >= 0.6 is 0 Å². The third-order valence-corrected chi connectivity index (χ3v) is 8.19. The highest BCUT2D eigenvalue weighted by Gasteiger charge is 2.33. The lowest BCUT2D eigenvalue weighted by molar-refractivity contribution is -0.141. The van der Waals surface area contributed by atoms with E-state index in [-0.39, 0.29) is 30.2 Å². The number of carbonyl (C=O) groups excluding carboxylic acids is 2. The van der Waals surface area contributed by atoms with E-state index in [1.54, 1.807) is 0 Å². The Morgan fingerprint density at radius 1 is 0.756 bits per heavy atom. The first-order valence-electron chi connectivity index (χ1n) is 14.9. The summed E-state index contributed by atoms with van der Waals surface area (Å²) in [6.07, 6.45) is 5.02. The molecule has 2 amide bonds. The molecule has 0 aliphatic heterocycles. The summed E-state index contributed by atoms with van der Waals surface area (Å²) < 4.78 is 0. The number of rotatable bonds is 11. The van der Waals surface area contributed by atoms with Gasteiger partial charge in [-0.1, -0.05) is 134 Å². The largest absolute Gasteiger partial charge is 0.352 e. The minimum absolute atomic E-state index is 0.0216. The van der Waals surface area contributed by atoms with Crippen LogP contribution in [-0.2, 0) is 22.6 Å². The first-order chi connectivity index (χ1) is 20.1. The minimum Gasteiger partial charge on any atom is -0.352 e. The molecule has 0 radical (unpaired) electrons. The summed E-state index contributed by atoms with van der Waals surface area (Å²) in [5.74, 6) is -0.190. The standard InChI is InChI=1S/C37H40N2O2/c1-28-14-13-17-30(24-28)27-39(35(25-29-15-5-2-6-16-29)37(41)38-33-22-11-12-23-33)36(40)26-34(31-18-7-3-8-19-31)32-20-9-4-10-21-32/h2-10,13-21,24,33-35H,11-12,22-23,25-27H2,1H3,(H,38,41)/t35-/m1/s1. The predicted molar refractivity (Wildman–Crippen MR) is 165 cm³/mol. The Bertz CT molecular complexity index is 1360. The van der Waals surface area contributed by atoms with Gasteiger partial charge in [0.05, 0.1) is 0 Å². The van der Waals surface area contributed by atoms with Gasteiger partial charge in [0.2, 0.25) is 11.8 Å². The van der Waals surface area contributed by atoms with Crippen LogP contribution in [0, 0.1) is 6.92 Å². The second-order valence-corrected chi connectivity index (χ2v) is 11.3. The normalized spacial score (nSPS) is 14.1. The summed E-state index contributed by atoms with van der Waals surface area (Å²) in [7, 11) is 0. The van der Waals surface area contributed by atoms with Crippen molar-refractivity contribution in [3.63, 3.8) is 0 Å². The van der Waals surface area contributed by atoms with Crippen molar-refractivity contribution in [3.05, 3.63) is 143 Å². The van der Waals surface area contributed by atoms with Gasteiger partial charge in [-0.2, -0.15) is 0 Å². The van der Waals surface area contributed by atoms with Crippen molar-refractivity contribution >= 4 is 11.8 Å². The van der Waals surface area contributed by atoms with E-state index in [9.17, 15) is 9.59 Å². The molecule has 0 spiro atoms. The molecule has 1 atom stereocenters. The van der Waals surface area contributed by atoms with Crippen molar-refractivity contribution in [1.82, 2.24) is 10.2 Å². The van der Waals surface area contributed by atoms with Gasteiger partial charge in [-0.3, -0.25) is 9.59 Å². The molecule has 4 heteroatoms. The number of aryl methyl sites for hydroxylation is 1. The monoisotopic (exact) mass is 544 g/mol. The average molecular weight is 545 g/mol. The van der Waals surface area contributed by atoms with Gasteiger partial charge in [0.25, 0.3) is 0 Å².